The molecule has 0 aromatic heterocycles. The Bertz CT molecular complexity index is 287. The highest BCUT2D eigenvalue weighted by Gasteiger charge is 2.09. The molecule has 0 heterocycles. The van der Waals surface area contributed by atoms with Gasteiger partial charge in [-0.15, -0.1) is 0 Å². The fourth-order valence-corrected chi connectivity index (χ4v) is 2.20. The van der Waals surface area contributed by atoms with Gasteiger partial charge in [-0.25, -0.2) is 0 Å². The summed E-state index contributed by atoms with van der Waals surface area (Å²) in [4.78, 5) is 20.5. The number of methoxy groups -OCH3 is 1. The van der Waals surface area contributed by atoms with Crippen molar-refractivity contribution in [1.82, 2.24) is 0 Å². The van der Waals surface area contributed by atoms with Crippen molar-refractivity contribution < 1.29 is 14.4 Å². The summed E-state index contributed by atoms with van der Waals surface area (Å²) in [7, 11) is 0.137. The van der Waals surface area contributed by atoms with Crippen LogP contribution in [0.1, 0.15) is 6.42 Å². The number of esters is 1. The first-order valence-corrected chi connectivity index (χ1v) is 5.80. The number of carbonyl (C=O) groups excluding carboxylic acids is 1. The number of rotatable bonds is 4. The minimum atomic E-state index is -1.21. The first-order valence-electron chi connectivity index (χ1n) is 4.32. The van der Waals surface area contributed by atoms with E-state index >= 15 is 0 Å². The molecule has 0 saturated heterocycles. The van der Waals surface area contributed by atoms with Crippen LogP contribution in [0.15, 0.2) is 30.3 Å². The maximum absolute atomic E-state index is 10.8. The van der Waals surface area contributed by atoms with E-state index in [4.69, 9.17) is 0 Å². The molecule has 0 aliphatic carbocycles. The molecule has 0 amide bonds. The standard InChI is InChI=1S/C10H13O3P/c1-13-10(11)7-8-14(12)9-5-3-2-4-6-9/h2-6,12H,7-8H2,1H3. The third kappa shape index (κ3) is 3.44. The van der Waals surface area contributed by atoms with Crippen LogP contribution in [0.4, 0.5) is 0 Å². The molecule has 1 rings (SSSR count). The Balaban J connectivity index is 2.43. The first-order chi connectivity index (χ1) is 6.74. The van der Waals surface area contributed by atoms with Gasteiger partial charge in [0.05, 0.1) is 21.7 Å². The normalized spacial score (nSPS) is 12.1. The molecular formula is C10H13O3P. The minimum absolute atomic E-state index is 0.271. The van der Waals surface area contributed by atoms with Crippen molar-refractivity contribution in [2.45, 2.75) is 6.42 Å². The van der Waals surface area contributed by atoms with E-state index in [1.807, 2.05) is 30.3 Å². The smallest absolute Gasteiger partial charge is 0.305 e. The summed E-state index contributed by atoms with van der Waals surface area (Å²) in [6.45, 7) is 0. The highest BCUT2D eigenvalue weighted by Crippen LogP contribution is 2.29. The fourth-order valence-electron chi connectivity index (χ4n) is 1.03. The Labute approximate surface area is 84.5 Å². The zero-order valence-electron chi connectivity index (χ0n) is 8.01. The van der Waals surface area contributed by atoms with Gasteiger partial charge < -0.3 is 9.63 Å². The molecule has 0 fully saturated rings. The number of ether oxygens (including phenoxy) is 1. The van der Waals surface area contributed by atoms with Crippen molar-refractivity contribution in [3.8, 4) is 0 Å². The van der Waals surface area contributed by atoms with Crippen LogP contribution in [0.5, 0.6) is 0 Å². The second-order valence-corrected chi connectivity index (χ2v) is 4.55. The van der Waals surface area contributed by atoms with Crippen LogP contribution < -0.4 is 5.30 Å². The SMILES string of the molecule is COC(=O)CCP(O)c1ccccc1. The largest absolute Gasteiger partial charge is 0.469 e. The third-order valence-corrected chi connectivity index (χ3v) is 3.35. The van der Waals surface area contributed by atoms with E-state index in [2.05, 4.69) is 4.74 Å². The monoisotopic (exact) mass is 212 g/mol. The van der Waals surface area contributed by atoms with Gasteiger partial charge in [0.2, 0.25) is 0 Å². The molecule has 1 N–H and O–H groups in total. The Hall–Kier alpha value is -0.920. The molecule has 1 aromatic carbocycles. The zero-order chi connectivity index (χ0) is 10.4. The molecule has 0 radical (unpaired) electrons. The van der Waals surface area contributed by atoms with E-state index in [9.17, 15) is 9.69 Å². The predicted molar refractivity (Wildman–Crippen MR) is 56.7 cm³/mol. The third-order valence-electron chi connectivity index (χ3n) is 1.81. The summed E-state index contributed by atoms with van der Waals surface area (Å²) in [5.74, 6) is -0.275. The Kier molecular flexibility index (Phi) is 4.57. The second-order valence-electron chi connectivity index (χ2n) is 2.78. The number of benzene rings is 1. The molecule has 0 aliphatic rings. The Morgan fingerprint density at radius 3 is 2.64 bits per heavy atom. The molecule has 0 spiro atoms. The van der Waals surface area contributed by atoms with Gasteiger partial charge >= 0.3 is 5.97 Å². The van der Waals surface area contributed by atoms with Gasteiger partial charge in [-0.2, -0.15) is 0 Å². The van der Waals surface area contributed by atoms with E-state index in [0.717, 1.165) is 5.30 Å². The molecule has 0 bridgehead atoms. The van der Waals surface area contributed by atoms with Gasteiger partial charge in [0.25, 0.3) is 0 Å². The summed E-state index contributed by atoms with van der Waals surface area (Å²) in [5.41, 5.74) is 0. The highest BCUT2D eigenvalue weighted by molar-refractivity contribution is 7.59. The molecular weight excluding hydrogens is 199 g/mol. The van der Waals surface area contributed by atoms with Gasteiger partial charge in [0, 0.05) is 11.5 Å². The van der Waals surface area contributed by atoms with E-state index < -0.39 is 8.15 Å². The summed E-state index contributed by atoms with van der Waals surface area (Å²) in [6, 6.07) is 9.37. The van der Waals surface area contributed by atoms with Crippen molar-refractivity contribution >= 4 is 19.4 Å². The van der Waals surface area contributed by atoms with Crippen molar-refractivity contribution in [2.75, 3.05) is 13.3 Å². The molecule has 3 nitrogen and oxygen atoms in total. The molecule has 4 heteroatoms. The van der Waals surface area contributed by atoms with E-state index in [1.165, 1.54) is 7.11 Å². The molecule has 1 aromatic rings. The molecule has 76 valence electrons. The predicted octanol–water partition coefficient (Wildman–Crippen LogP) is 1.26. The van der Waals surface area contributed by atoms with Crippen LogP contribution in [0.25, 0.3) is 0 Å². The van der Waals surface area contributed by atoms with Crippen LogP contribution in [-0.2, 0) is 9.53 Å². The first kappa shape index (κ1) is 11.2. The lowest BCUT2D eigenvalue weighted by molar-refractivity contribution is -0.140. The summed E-state index contributed by atoms with van der Waals surface area (Å²) < 4.78 is 4.50. The molecule has 14 heavy (non-hydrogen) atoms. The van der Waals surface area contributed by atoms with Gasteiger partial charge in [-0.1, -0.05) is 30.3 Å². The number of hydrogen-bond donors (Lipinski definition) is 1. The van der Waals surface area contributed by atoms with Gasteiger partial charge in [0.1, 0.15) is 0 Å². The lowest BCUT2D eigenvalue weighted by Crippen LogP contribution is -2.07. The maximum atomic E-state index is 10.8. The minimum Gasteiger partial charge on any atom is -0.469 e. The van der Waals surface area contributed by atoms with Crippen LogP contribution in [-0.4, -0.2) is 24.1 Å². The fraction of sp³-hybridized carbons (Fsp3) is 0.300. The van der Waals surface area contributed by atoms with Crippen molar-refractivity contribution in [2.24, 2.45) is 0 Å². The number of carbonyl (C=O) groups is 1. The van der Waals surface area contributed by atoms with Crippen LogP contribution >= 0.6 is 8.15 Å². The average Bonchev–Trinajstić information content (AvgIpc) is 2.26. The molecule has 1 unspecified atom stereocenters. The Morgan fingerprint density at radius 1 is 1.43 bits per heavy atom. The van der Waals surface area contributed by atoms with Gasteiger partial charge in [-0.3, -0.25) is 4.79 Å². The van der Waals surface area contributed by atoms with Crippen molar-refractivity contribution in [1.29, 1.82) is 0 Å². The van der Waals surface area contributed by atoms with Crippen LogP contribution in [0, 0.1) is 0 Å². The maximum Gasteiger partial charge on any atom is 0.305 e. The van der Waals surface area contributed by atoms with E-state index in [1.54, 1.807) is 0 Å². The van der Waals surface area contributed by atoms with E-state index in [0.29, 0.717) is 6.16 Å². The molecule has 0 saturated carbocycles. The molecule has 0 aliphatic heterocycles. The highest BCUT2D eigenvalue weighted by atomic mass is 31.1. The van der Waals surface area contributed by atoms with E-state index in [-0.39, 0.29) is 12.4 Å². The van der Waals surface area contributed by atoms with Crippen molar-refractivity contribution in [3.63, 3.8) is 0 Å². The second kappa shape index (κ2) is 5.74. The van der Waals surface area contributed by atoms with Crippen LogP contribution in [0.3, 0.4) is 0 Å². The lowest BCUT2D eigenvalue weighted by atomic mass is 10.4. The number of hydrogen-bond acceptors (Lipinski definition) is 3. The van der Waals surface area contributed by atoms with Gasteiger partial charge in [0.15, 0.2) is 0 Å². The summed E-state index contributed by atoms with van der Waals surface area (Å²) in [5, 5.41) is 0.895. The topological polar surface area (TPSA) is 46.5 Å². The van der Waals surface area contributed by atoms with Crippen molar-refractivity contribution in [3.05, 3.63) is 30.3 Å². The average molecular weight is 212 g/mol. The lowest BCUT2D eigenvalue weighted by Gasteiger charge is -2.08. The Morgan fingerprint density at radius 2 is 2.07 bits per heavy atom. The quantitative estimate of drug-likeness (QED) is 0.603. The molecule has 1 atom stereocenters. The zero-order valence-corrected chi connectivity index (χ0v) is 8.91. The summed E-state index contributed by atoms with van der Waals surface area (Å²) >= 11 is 0. The van der Waals surface area contributed by atoms with Gasteiger partial charge in [-0.05, 0) is 0 Å². The van der Waals surface area contributed by atoms with Crippen LogP contribution in [0.2, 0.25) is 0 Å². The summed E-state index contributed by atoms with van der Waals surface area (Å²) in [6.07, 6.45) is 0.736.